The van der Waals surface area contributed by atoms with Gasteiger partial charge in [0.15, 0.2) is 6.61 Å². The second-order valence-corrected chi connectivity index (χ2v) is 6.71. The summed E-state index contributed by atoms with van der Waals surface area (Å²) in [5, 5.41) is 24.4. The van der Waals surface area contributed by atoms with Gasteiger partial charge in [-0.1, -0.05) is 28.1 Å². The van der Waals surface area contributed by atoms with E-state index in [0.717, 1.165) is 9.78 Å². The number of nitrogens with one attached hydrogen (secondary N) is 1. The Kier molecular flexibility index (Phi) is 6.70. The Morgan fingerprint density at radius 3 is 2.84 bits per heavy atom. The second-order valence-electron chi connectivity index (χ2n) is 4.63. The van der Waals surface area contributed by atoms with Crippen LogP contribution in [0.3, 0.4) is 0 Å². The lowest BCUT2D eigenvalue weighted by Gasteiger charge is -2.06. The van der Waals surface area contributed by atoms with Crippen LogP contribution >= 0.6 is 38.5 Å². The minimum atomic E-state index is -0.717. The number of carbonyl (C=O) groups is 1. The molecule has 0 heterocycles. The van der Waals surface area contributed by atoms with E-state index < -0.39 is 22.3 Å². The zero-order chi connectivity index (χ0) is 18.4. The highest BCUT2D eigenvalue weighted by Gasteiger charge is 2.17. The third-order valence-corrected chi connectivity index (χ3v) is 4.22. The number of hydrazone groups is 1. The van der Waals surface area contributed by atoms with Crippen LogP contribution in [-0.2, 0) is 4.79 Å². The van der Waals surface area contributed by atoms with Crippen molar-refractivity contribution in [3.8, 4) is 11.5 Å². The molecule has 0 bridgehead atoms. The van der Waals surface area contributed by atoms with Crippen molar-refractivity contribution in [1.82, 2.24) is 5.43 Å². The number of ether oxygens (including phenoxy) is 1. The Balaban J connectivity index is 1.98. The Bertz CT molecular complexity index is 844. The summed E-state index contributed by atoms with van der Waals surface area (Å²) in [6.45, 7) is -0.248. The maximum absolute atomic E-state index is 11.7. The predicted molar refractivity (Wildman–Crippen MR) is 103 cm³/mol. The average Bonchev–Trinajstić information content (AvgIpc) is 2.56. The van der Waals surface area contributed by atoms with E-state index in [-0.39, 0.29) is 12.2 Å². The van der Waals surface area contributed by atoms with E-state index in [1.54, 1.807) is 12.1 Å². The number of hydrogen-bond donors (Lipinski definition) is 2. The maximum Gasteiger partial charge on any atom is 0.312 e. The van der Waals surface area contributed by atoms with Gasteiger partial charge < -0.3 is 9.84 Å². The van der Waals surface area contributed by atoms with Gasteiger partial charge in [0.25, 0.3) is 5.91 Å². The highest BCUT2D eigenvalue weighted by atomic mass is 127. The SMILES string of the molecule is O=C(COc1ccccc1I)N/N=C/c1cc(Br)cc([N+](=O)[O-])c1O. The first-order valence-electron chi connectivity index (χ1n) is 6.74. The van der Waals surface area contributed by atoms with Crippen molar-refractivity contribution in [3.05, 3.63) is 60.1 Å². The standard InChI is InChI=1S/C15H11BrIN3O5/c16-10-5-9(15(22)12(6-10)20(23)24)7-18-19-14(21)8-25-13-4-2-1-3-11(13)17/h1-7,22H,8H2,(H,19,21)/b18-7+. The van der Waals surface area contributed by atoms with Gasteiger partial charge in [-0.2, -0.15) is 5.10 Å². The summed E-state index contributed by atoms with van der Waals surface area (Å²) < 4.78 is 6.61. The van der Waals surface area contributed by atoms with E-state index in [2.05, 4.69) is 49.0 Å². The first-order valence-corrected chi connectivity index (χ1v) is 8.62. The normalized spacial score (nSPS) is 10.6. The third-order valence-electron chi connectivity index (χ3n) is 2.87. The van der Waals surface area contributed by atoms with Gasteiger partial charge in [0.05, 0.1) is 14.7 Å². The van der Waals surface area contributed by atoms with Crippen LogP contribution in [0.1, 0.15) is 5.56 Å². The molecule has 25 heavy (non-hydrogen) atoms. The van der Waals surface area contributed by atoms with Crippen LogP contribution in [-0.4, -0.2) is 28.8 Å². The number of phenolic OH excluding ortho intramolecular Hbond substituents is 1. The van der Waals surface area contributed by atoms with Crippen molar-refractivity contribution < 1.29 is 19.6 Å². The fourth-order valence-electron chi connectivity index (χ4n) is 1.75. The molecule has 130 valence electrons. The topological polar surface area (TPSA) is 114 Å². The number of para-hydroxylation sites is 1. The molecule has 0 unspecified atom stereocenters. The van der Waals surface area contributed by atoms with Crippen molar-refractivity contribution in [3.63, 3.8) is 0 Å². The Morgan fingerprint density at radius 2 is 2.16 bits per heavy atom. The summed E-state index contributed by atoms with van der Waals surface area (Å²) in [4.78, 5) is 21.8. The molecule has 2 aromatic rings. The van der Waals surface area contributed by atoms with Gasteiger partial charge in [-0.3, -0.25) is 14.9 Å². The van der Waals surface area contributed by atoms with E-state index in [0.29, 0.717) is 10.2 Å². The first-order chi connectivity index (χ1) is 11.9. The van der Waals surface area contributed by atoms with Crippen molar-refractivity contribution in [2.75, 3.05) is 6.61 Å². The molecular formula is C15H11BrIN3O5. The number of benzene rings is 2. The monoisotopic (exact) mass is 519 g/mol. The van der Waals surface area contributed by atoms with Crippen molar-refractivity contribution in [2.45, 2.75) is 0 Å². The van der Waals surface area contributed by atoms with Crippen LogP contribution in [0, 0.1) is 13.7 Å². The predicted octanol–water partition coefficient (Wildman–Crippen LogP) is 3.20. The van der Waals surface area contributed by atoms with Crippen LogP contribution in [0.2, 0.25) is 0 Å². The minimum Gasteiger partial charge on any atom is -0.502 e. The van der Waals surface area contributed by atoms with Gasteiger partial charge in [0, 0.05) is 16.1 Å². The highest BCUT2D eigenvalue weighted by Crippen LogP contribution is 2.32. The van der Waals surface area contributed by atoms with Crippen molar-refractivity contribution in [1.29, 1.82) is 0 Å². The molecule has 0 saturated carbocycles. The smallest absolute Gasteiger partial charge is 0.312 e. The van der Waals surface area contributed by atoms with E-state index in [9.17, 15) is 20.0 Å². The average molecular weight is 520 g/mol. The number of nitrogens with zero attached hydrogens (tertiary/aromatic N) is 2. The lowest BCUT2D eigenvalue weighted by atomic mass is 10.2. The molecule has 0 fully saturated rings. The summed E-state index contributed by atoms with van der Waals surface area (Å²) in [5.41, 5.74) is 1.84. The molecule has 0 aromatic heterocycles. The van der Waals surface area contributed by atoms with Crippen LogP contribution in [0.5, 0.6) is 11.5 Å². The number of halogens is 2. The van der Waals surface area contributed by atoms with Gasteiger partial charge in [-0.05, 0) is 40.8 Å². The first kappa shape index (κ1) is 19.1. The number of carbonyl (C=O) groups excluding carboxylic acids is 1. The lowest BCUT2D eigenvalue weighted by molar-refractivity contribution is -0.385. The highest BCUT2D eigenvalue weighted by molar-refractivity contribution is 14.1. The molecule has 2 N–H and O–H groups in total. The number of amides is 1. The van der Waals surface area contributed by atoms with E-state index >= 15 is 0 Å². The summed E-state index contributed by atoms with van der Waals surface area (Å²) in [6.07, 6.45) is 1.11. The molecule has 2 aromatic carbocycles. The molecule has 0 saturated heterocycles. The van der Waals surface area contributed by atoms with Crippen LogP contribution in [0.4, 0.5) is 5.69 Å². The van der Waals surface area contributed by atoms with Crippen LogP contribution in [0.25, 0.3) is 0 Å². The fourth-order valence-corrected chi connectivity index (χ4v) is 2.76. The molecule has 0 aliphatic heterocycles. The van der Waals surface area contributed by atoms with E-state index in [1.165, 1.54) is 12.1 Å². The van der Waals surface area contributed by atoms with Gasteiger partial charge in [-0.25, -0.2) is 5.43 Å². The molecule has 0 radical (unpaired) electrons. The summed E-state index contributed by atoms with van der Waals surface area (Å²) in [5.74, 6) is -0.483. The summed E-state index contributed by atoms with van der Waals surface area (Å²) >= 11 is 5.19. The number of phenols is 1. The zero-order valence-corrected chi connectivity index (χ0v) is 16.2. The minimum absolute atomic E-state index is 0.0832. The second kappa shape index (κ2) is 8.76. The van der Waals surface area contributed by atoms with Crippen LogP contribution in [0.15, 0.2) is 46.0 Å². The Labute approximate surface area is 164 Å². The molecule has 10 heteroatoms. The molecule has 0 aliphatic carbocycles. The molecule has 1 amide bonds. The summed E-state index contributed by atoms with van der Waals surface area (Å²) in [6, 6.07) is 9.81. The van der Waals surface area contributed by atoms with Gasteiger partial charge in [0.1, 0.15) is 5.75 Å². The van der Waals surface area contributed by atoms with E-state index in [1.807, 2.05) is 12.1 Å². The van der Waals surface area contributed by atoms with Crippen molar-refractivity contribution in [2.24, 2.45) is 5.10 Å². The number of hydrogen-bond acceptors (Lipinski definition) is 6. The van der Waals surface area contributed by atoms with Gasteiger partial charge >= 0.3 is 5.69 Å². The zero-order valence-electron chi connectivity index (χ0n) is 12.5. The molecule has 0 atom stereocenters. The number of aromatic hydroxyl groups is 1. The molecular weight excluding hydrogens is 509 g/mol. The molecule has 8 nitrogen and oxygen atoms in total. The number of rotatable bonds is 6. The Morgan fingerprint density at radius 1 is 1.44 bits per heavy atom. The fraction of sp³-hybridized carbons (Fsp3) is 0.0667. The van der Waals surface area contributed by atoms with Gasteiger partial charge in [-0.15, -0.1) is 0 Å². The third kappa shape index (κ3) is 5.39. The number of nitro groups is 1. The van der Waals surface area contributed by atoms with Crippen LogP contribution < -0.4 is 10.2 Å². The molecule has 0 aliphatic rings. The largest absolute Gasteiger partial charge is 0.502 e. The quantitative estimate of drug-likeness (QED) is 0.263. The maximum atomic E-state index is 11.7. The summed E-state index contributed by atoms with van der Waals surface area (Å²) in [7, 11) is 0. The molecule has 0 spiro atoms. The van der Waals surface area contributed by atoms with E-state index in [4.69, 9.17) is 4.74 Å². The van der Waals surface area contributed by atoms with Crippen molar-refractivity contribution >= 4 is 56.3 Å². The van der Waals surface area contributed by atoms with Gasteiger partial charge in [0.2, 0.25) is 5.75 Å². The Hall–Kier alpha value is -2.21. The lowest BCUT2D eigenvalue weighted by Crippen LogP contribution is -2.24. The number of nitro benzene ring substituents is 1. The molecule has 2 rings (SSSR count).